The van der Waals surface area contributed by atoms with Gasteiger partial charge in [-0.1, -0.05) is 12.1 Å². The van der Waals surface area contributed by atoms with Gasteiger partial charge < -0.3 is 8.92 Å². The Hall–Kier alpha value is -3.53. The number of carbonyl (C=O) groups excluding carboxylic acids is 1. The van der Waals surface area contributed by atoms with Crippen molar-refractivity contribution in [3.05, 3.63) is 82.0 Å². The van der Waals surface area contributed by atoms with E-state index in [9.17, 15) is 22.4 Å². The molecule has 2 aromatic carbocycles. The molecule has 0 spiro atoms. The number of hydrogen-bond acceptors (Lipinski definition) is 7. The Balaban J connectivity index is 2.11. The maximum absolute atomic E-state index is 13.2. The van der Waals surface area contributed by atoms with E-state index in [1.807, 2.05) is 0 Å². The second kappa shape index (κ2) is 8.46. The first kappa shape index (κ1) is 21.2. The van der Waals surface area contributed by atoms with Crippen LogP contribution in [-0.2, 0) is 14.9 Å². The van der Waals surface area contributed by atoms with Crippen LogP contribution < -0.4 is 9.74 Å². The first-order valence-electron chi connectivity index (χ1n) is 8.80. The fourth-order valence-corrected chi connectivity index (χ4v) is 3.58. The lowest BCUT2D eigenvalue weighted by atomic mass is 10.2. The number of aryl methyl sites for hydroxylation is 1. The van der Waals surface area contributed by atoms with Gasteiger partial charge in [0.05, 0.1) is 18.4 Å². The Labute approximate surface area is 171 Å². The molecule has 0 unspecified atom stereocenters. The number of hydrogen-bond donors (Lipinski definition) is 0. The van der Waals surface area contributed by atoms with Crippen LogP contribution in [0.5, 0.6) is 5.75 Å². The van der Waals surface area contributed by atoms with Gasteiger partial charge in [0.2, 0.25) is 5.69 Å². The maximum atomic E-state index is 13.2. The van der Waals surface area contributed by atoms with Crippen molar-refractivity contribution in [2.24, 2.45) is 0 Å². The molecule has 10 heteroatoms. The summed E-state index contributed by atoms with van der Waals surface area (Å²) in [4.78, 5) is 24.7. The van der Waals surface area contributed by atoms with Crippen LogP contribution in [0.1, 0.15) is 23.0 Å². The van der Waals surface area contributed by atoms with E-state index in [2.05, 4.69) is 5.10 Å². The first-order chi connectivity index (χ1) is 14.2. The highest BCUT2D eigenvalue weighted by atomic mass is 32.2. The Morgan fingerprint density at radius 3 is 2.47 bits per heavy atom. The normalized spacial score (nSPS) is 11.2. The molecule has 0 saturated heterocycles. The van der Waals surface area contributed by atoms with E-state index in [4.69, 9.17) is 8.92 Å². The van der Waals surface area contributed by atoms with Crippen molar-refractivity contribution in [1.29, 1.82) is 0 Å². The van der Waals surface area contributed by atoms with Crippen molar-refractivity contribution in [1.82, 2.24) is 9.78 Å². The van der Waals surface area contributed by atoms with Gasteiger partial charge in [0, 0.05) is 0 Å². The molecule has 8 nitrogen and oxygen atoms in total. The minimum atomic E-state index is -4.35. The predicted octanol–water partition coefficient (Wildman–Crippen LogP) is 2.62. The molecule has 0 aliphatic rings. The molecule has 3 aromatic rings. The quantitative estimate of drug-likeness (QED) is 0.436. The third kappa shape index (κ3) is 4.54. The minimum Gasteiger partial charge on any atom is -0.461 e. The molecule has 1 aromatic heterocycles. The van der Waals surface area contributed by atoms with Crippen LogP contribution in [0, 0.1) is 12.7 Å². The lowest BCUT2D eigenvalue weighted by Crippen LogP contribution is -2.26. The molecular weight excluding hydrogens is 415 g/mol. The van der Waals surface area contributed by atoms with E-state index >= 15 is 0 Å². The number of nitrogens with zero attached hydrogens (tertiary/aromatic N) is 2. The fourth-order valence-electron chi connectivity index (χ4n) is 2.55. The van der Waals surface area contributed by atoms with Gasteiger partial charge in [0.15, 0.2) is 5.75 Å². The molecule has 0 fully saturated rings. The second-order valence-corrected chi connectivity index (χ2v) is 7.70. The van der Waals surface area contributed by atoms with Gasteiger partial charge in [-0.15, -0.1) is 0 Å². The number of esters is 1. The second-order valence-electron chi connectivity index (χ2n) is 6.16. The molecule has 0 aliphatic carbocycles. The highest BCUT2D eigenvalue weighted by molar-refractivity contribution is 7.87. The van der Waals surface area contributed by atoms with Gasteiger partial charge in [-0.05, 0) is 55.8 Å². The van der Waals surface area contributed by atoms with E-state index < -0.39 is 38.9 Å². The summed E-state index contributed by atoms with van der Waals surface area (Å²) in [6.45, 7) is 3.24. The standard InChI is InChI=1S/C20H17FN2O6S/c1-3-28-20(25)19-17(29-30(26,27)16-6-4-5-13(2)11-16)12-18(24)23(22-19)15-9-7-14(21)8-10-15/h4-12H,3H2,1-2H3. The summed E-state index contributed by atoms with van der Waals surface area (Å²) in [5.41, 5.74) is -0.462. The lowest BCUT2D eigenvalue weighted by molar-refractivity contribution is 0.0515. The molecule has 0 aliphatic heterocycles. The van der Waals surface area contributed by atoms with Gasteiger partial charge in [0.1, 0.15) is 10.7 Å². The highest BCUT2D eigenvalue weighted by Gasteiger charge is 2.25. The van der Waals surface area contributed by atoms with Crippen molar-refractivity contribution < 1.29 is 26.5 Å². The van der Waals surface area contributed by atoms with Crippen molar-refractivity contribution in [2.75, 3.05) is 6.61 Å². The first-order valence-corrected chi connectivity index (χ1v) is 10.2. The summed E-state index contributed by atoms with van der Waals surface area (Å²) in [7, 11) is -4.35. The summed E-state index contributed by atoms with van der Waals surface area (Å²) in [6, 6.07) is 11.5. The zero-order valence-electron chi connectivity index (χ0n) is 16.0. The molecule has 156 valence electrons. The summed E-state index contributed by atoms with van der Waals surface area (Å²) >= 11 is 0. The zero-order chi connectivity index (χ0) is 21.9. The monoisotopic (exact) mass is 432 g/mol. The summed E-state index contributed by atoms with van der Waals surface area (Å²) in [5, 5.41) is 3.90. The van der Waals surface area contributed by atoms with Crippen molar-refractivity contribution in [3.8, 4) is 11.4 Å². The highest BCUT2D eigenvalue weighted by Crippen LogP contribution is 2.22. The van der Waals surface area contributed by atoms with Crippen molar-refractivity contribution >= 4 is 16.1 Å². The molecule has 0 bridgehead atoms. The van der Waals surface area contributed by atoms with E-state index in [-0.39, 0.29) is 17.2 Å². The minimum absolute atomic E-state index is 0.0136. The number of carbonyl (C=O) groups is 1. The Bertz CT molecular complexity index is 1250. The van der Waals surface area contributed by atoms with Crippen molar-refractivity contribution in [3.63, 3.8) is 0 Å². The topological polar surface area (TPSA) is 105 Å². The van der Waals surface area contributed by atoms with Crippen LogP contribution in [0.15, 0.2) is 64.3 Å². The number of ether oxygens (including phenoxy) is 1. The predicted molar refractivity (Wildman–Crippen MR) is 105 cm³/mol. The summed E-state index contributed by atoms with van der Waals surface area (Å²) < 4.78 is 49.2. The molecule has 0 N–H and O–H groups in total. The van der Waals surface area contributed by atoms with Gasteiger partial charge in [-0.25, -0.2) is 9.18 Å². The number of halogens is 1. The molecule has 0 amide bonds. The van der Waals surface area contributed by atoms with Gasteiger partial charge in [-0.3, -0.25) is 4.79 Å². The maximum Gasteiger partial charge on any atom is 0.362 e. The smallest absolute Gasteiger partial charge is 0.362 e. The number of rotatable bonds is 6. The van der Waals surface area contributed by atoms with E-state index in [0.717, 1.165) is 22.9 Å². The Morgan fingerprint density at radius 2 is 1.83 bits per heavy atom. The molecule has 1 heterocycles. The Morgan fingerprint density at radius 1 is 1.13 bits per heavy atom. The van der Waals surface area contributed by atoms with Crippen LogP contribution in [-0.4, -0.2) is 30.8 Å². The SMILES string of the molecule is CCOC(=O)c1nn(-c2ccc(F)cc2)c(=O)cc1OS(=O)(=O)c1cccc(C)c1. The van der Waals surface area contributed by atoms with E-state index in [0.29, 0.717) is 5.56 Å². The molecule has 0 saturated carbocycles. The third-order valence-corrected chi connectivity index (χ3v) is 5.14. The zero-order valence-corrected chi connectivity index (χ0v) is 16.8. The average Bonchev–Trinajstić information content (AvgIpc) is 2.69. The summed E-state index contributed by atoms with van der Waals surface area (Å²) in [5.74, 6) is -2.08. The van der Waals surface area contributed by atoms with Gasteiger partial charge in [-0.2, -0.15) is 18.2 Å². The van der Waals surface area contributed by atoms with Gasteiger partial charge >= 0.3 is 16.1 Å². The molecule has 3 rings (SSSR count). The van der Waals surface area contributed by atoms with E-state index in [1.165, 1.54) is 30.3 Å². The molecule has 0 radical (unpaired) electrons. The lowest BCUT2D eigenvalue weighted by Gasteiger charge is -2.12. The van der Waals surface area contributed by atoms with Crippen LogP contribution in [0.3, 0.4) is 0 Å². The van der Waals surface area contributed by atoms with Crippen LogP contribution in [0.25, 0.3) is 5.69 Å². The molecule has 30 heavy (non-hydrogen) atoms. The largest absolute Gasteiger partial charge is 0.461 e. The fraction of sp³-hybridized carbons (Fsp3) is 0.150. The number of benzene rings is 2. The third-order valence-electron chi connectivity index (χ3n) is 3.91. The van der Waals surface area contributed by atoms with Crippen LogP contribution >= 0.6 is 0 Å². The Kier molecular flexibility index (Phi) is 5.97. The van der Waals surface area contributed by atoms with E-state index in [1.54, 1.807) is 19.9 Å². The van der Waals surface area contributed by atoms with Gasteiger partial charge in [0.25, 0.3) is 5.56 Å². The van der Waals surface area contributed by atoms with Crippen LogP contribution in [0.2, 0.25) is 0 Å². The molecule has 0 atom stereocenters. The van der Waals surface area contributed by atoms with Crippen LogP contribution in [0.4, 0.5) is 4.39 Å². The average molecular weight is 432 g/mol. The summed E-state index contributed by atoms with van der Waals surface area (Å²) in [6.07, 6.45) is 0. The number of aromatic nitrogens is 2. The molecular formula is C20H17FN2O6S. The van der Waals surface area contributed by atoms with Crippen molar-refractivity contribution in [2.45, 2.75) is 18.7 Å².